The van der Waals surface area contributed by atoms with E-state index in [2.05, 4.69) is 154 Å². The third kappa shape index (κ3) is 33.7. The van der Waals surface area contributed by atoms with E-state index in [-0.39, 0.29) is 0 Å². The van der Waals surface area contributed by atoms with Gasteiger partial charge in [-0.05, 0) is 171 Å². The van der Waals surface area contributed by atoms with Crippen LogP contribution in [0.15, 0.2) is 97.1 Å². The number of hydrogen-bond donors (Lipinski definition) is 2. The number of rotatable bonds is 63. The molecule has 658 valence electrons. The van der Waals surface area contributed by atoms with Crippen molar-refractivity contribution in [2.45, 2.75) is 350 Å². The molecule has 5 heterocycles. The molecule has 2 aliphatic heterocycles. The zero-order valence-electron chi connectivity index (χ0n) is 76.4. The van der Waals surface area contributed by atoms with Crippen LogP contribution in [0.2, 0.25) is 0 Å². The summed E-state index contributed by atoms with van der Waals surface area (Å²) in [6.45, 7) is 17.0. The number of ether oxygens (including phenoxy) is 7. The summed E-state index contributed by atoms with van der Waals surface area (Å²) in [4.78, 5) is 19.5. The highest BCUT2D eigenvalue weighted by atomic mass is 16.5. The number of nitrogens with one attached hydrogen (secondary N) is 2. The minimum Gasteiger partial charge on any atom is -0.497 e. The van der Waals surface area contributed by atoms with Gasteiger partial charge in [-0.3, -0.25) is 0 Å². The Hall–Kier alpha value is -9.31. The minimum absolute atomic E-state index is 0.541. The van der Waals surface area contributed by atoms with Gasteiger partial charge in [-0.25, -0.2) is 9.97 Å². The van der Waals surface area contributed by atoms with Gasteiger partial charge < -0.3 is 43.1 Å². The molecule has 12 heteroatoms. The van der Waals surface area contributed by atoms with Crippen molar-refractivity contribution >= 4 is 46.4 Å². The molecule has 7 aromatic rings. The van der Waals surface area contributed by atoms with Gasteiger partial charge >= 0.3 is 0 Å². The molecule has 2 aliphatic rings. The number of benzene rings is 4. The van der Waals surface area contributed by atoms with E-state index in [0.717, 1.165) is 150 Å². The van der Waals surface area contributed by atoms with E-state index in [9.17, 15) is 5.26 Å². The zero-order chi connectivity index (χ0) is 85.5. The van der Waals surface area contributed by atoms with Crippen LogP contribution < -0.4 is 33.2 Å². The van der Waals surface area contributed by atoms with Crippen LogP contribution in [0.4, 0.5) is 0 Å². The molecule has 0 amide bonds. The monoisotopic (exact) mass is 1650 g/mol. The normalized spacial score (nSPS) is 11.5. The predicted molar refractivity (Wildman–Crippen MR) is 514 cm³/mol. The highest BCUT2D eigenvalue weighted by Crippen LogP contribution is 2.47. The second-order valence-electron chi connectivity index (χ2n) is 34.0. The van der Waals surface area contributed by atoms with E-state index >= 15 is 0 Å². The molecule has 0 radical (unpaired) electrons. The summed E-state index contributed by atoms with van der Waals surface area (Å²) in [6.07, 6.45) is 65.8. The van der Waals surface area contributed by atoms with Crippen LogP contribution in [0, 0.1) is 35.0 Å². The maximum Gasteiger partial charge on any atom is 0.203 e. The maximum atomic E-state index is 9.93. The molecule has 0 spiro atoms. The molecule has 0 saturated heterocycles. The molecule has 0 atom stereocenters. The zero-order valence-corrected chi connectivity index (χ0v) is 76.4. The first-order chi connectivity index (χ1) is 60.3. The van der Waals surface area contributed by atoms with Crippen molar-refractivity contribution in [1.82, 2.24) is 19.9 Å². The highest BCUT2D eigenvalue weighted by Gasteiger charge is 2.25. The fourth-order valence-electron chi connectivity index (χ4n) is 16.3. The van der Waals surface area contributed by atoms with Gasteiger partial charge in [0, 0.05) is 33.3 Å². The highest BCUT2D eigenvalue weighted by molar-refractivity contribution is 5.96. The Bertz CT molecular complexity index is 4370. The number of aromatic amines is 2. The first kappa shape index (κ1) is 96.5. The largest absolute Gasteiger partial charge is 0.497 e. The minimum atomic E-state index is 0.541. The van der Waals surface area contributed by atoms with E-state index in [1.807, 2.05) is 48.5 Å². The third-order valence-corrected chi connectivity index (χ3v) is 23.7. The van der Waals surface area contributed by atoms with Crippen molar-refractivity contribution in [1.29, 1.82) is 5.26 Å². The second-order valence-corrected chi connectivity index (χ2v) is 34.0. The van der Waals surface area contributed by atoms with Crippen LogP contribution in [0.3, 0.4) is 0 Å². The first-order valence-electron chi connectivity index (χ1n) is 48.8. The SMILES string of the molecule is CCCCCCCCCCOc1cc(-c2c3nc(c(C#Cc4ccc(OC)cc4)c4ccc([nH]4)c(-c4cc(OCCCCCCCCCC)c(OCCCCCCCCCC)c(OCCCCCCCCCC)c4)c4nc(c(C#Cc5ccc(C#N)cc5)c5ccc2[nH]5)C=C4)C=C3)cc(OCCCCCCCCCC)c1OCCCCCCCCCC. The van der Waals surface area contributed by atoms with E-state index in [4.69, 9.17) is 43.1 Å². The molecule has 0 saturated carbocycles. The lowest BCUT2D eigenvalue weighted by Crippen LogP contribution is -2.07. The van der Waals surface area contributed by atoms with Crippen LogP contribution in [0.25, 0.3) is 68.6 Å². The Morgan fingerprint density at radius 2 is 0.516 bits per heavy atom. The molecule has 3 aromatic heterocycles. The summed E-state index contributed by atoms with van der Waals surface area (Å²) in [5.74, 6) is 19.2. The van der Waals surface area contributed by atoms with Gasteiger partial charge in [0.05, 0.1) is 103 Å². The van der Waals surface area contributed by atoms with Gasteiger partial charge in [0.15, 0.2) is 23.0 Å². The van der Waals surface area contributed by atoms with Gasteiger partial charge in [0.25, 0.3) is 0 Å². The Labute approximate surface area is 736 Å². The molecule has 2 N–H and O–H groups in total. The first-order valence-corrected chi connectivity index (χ1v) is 48.8. The fourth-order valence-corrected chi connectivity index (χ4v) is 16.3. The molecule has 0 fully saturated rings. The number of hydrogen-bond acceptors (Lipinski definition) is 10. The number of nitriles is 1. The number of nitrogens with zero attached hydrogens (tertiary/aromatic N) is 3. The fraction of sp³-hybridized carbons (Fsp3) is 0.555. The molecule has 8 bridgehead atoms. The van der Waals surface area contributed by atoms with Crippen LogP contribution in [-0.2, 0) is 0 Å². The van der Waals surface area contributed by atoms with Crippen molar-refractivity contribution in [2.75, 3.05) is 46.8 Å². The third-order valence-electron chi connectivity index (χ3n) is 23.7. The molecule has 0 unspecified atom stereocenters. The summed E-state index contributed by atoms with van der Waals surface area (Å²) in [5, 5.41) is 9.93. The topological polar surface area (TPSA) is 146 Å². The molecule has 122 heavy (non-hydrogen) atoms. The quantitative estimate of drug-likeness (QED) is 0.0279. The van der Waals surface area contributed by atoms with Crippen molar-refractivity contribution in [3.63, 3.8) is 0 Å². The van der Waals surface area contributed by atoms with E-state index in [1.165, 1.54) is 231 Å². The summed E-state index contributed by atoms with van der Waals surface area (Å²) in [7, 11) is 1.69. The number of H-pyrrole nitrogens is 2. The second kappa shape index (κ2) is 58.7. The number of fused-ring (bicyclic) bond motifs is 8. The summed E-state index contributed by atoms with van der Waals surface area (Å²) >= 11 is 0. The lowest BCUT2D eigenvalue weighted by molar-refractivity contribution is 0.234. The van der Waals surface area contributed by atoms with Gasteiger partial charge in [-0.15, -0.1) is 0 Å². The predicted octanol–water partition coefficient (Wildman–Crippen LogP) is 31.8. The van der Waals surface area contributed by atoms with E-state index < -0.39 is 0 Å². The summed E-state index contributed by atoms with van der Waals surface area (Å²) < 4.78 is 48.2. The van der Waals surface area contributed by atoms with E-state index in [0.29, 0.717) is 102 Å². The Balaban J connectivity index is 1.28. The molecule has 12 nitrogen and oxygen atoms in total. The van der Waals surface area contributed by atoms with Crippen molar-refractivity contribution in [3.05, 3.63) is 148 Å². The molecular weight excluding hydrogens is 1500 g/mol. The number of unbranched alkanes of at least 4 members (excludes halogenated alkanes) is 42. The van der Waals surface area contributed by atoms with Gasteiger partial charge in [-0.1, -0.05) is 335 Å². The van der Waals surface area contributed by atoms with Crippen LogP contribution in [0.1, 0.15) is 400 Å². The average Bonchev–Trinajstić information content (AvgIpc) is 1.71. The Morgan fingerprint density at radius 3 is 0.795 bits per heavy atom. The van der Waals surface area contributed by atoms with E-state index in [1.54, 1.807) is 7.11 Å². The molecule has 0 aliphatic carbocycles. The Morgan fingerprint density at radius 1 is 0.270 bits per heavy atom. The lowest BCUT2D eigenvalue weighted by atomic mass is 10.0. The van der Waals surface area contributed by atoms with Crippen molar-refractivity contribution in [2.24, 2.45) is 0 Å². The smallest absolute Gasteiger partial charge is 0.203 e. The summed E-state index contributed by atoms with van der Waals surface area (Å²) in [6, 6.07) is 34.9. The Kier molecular flexibility index (Phi) is 46.4. The van der Waals surface area contributed by atoms with Gasteiger partial charge in [-0.2, -0.15) is 5.26 Å². The molecular formula is C110H151N5O7. The van der Waals surface area contributed by atoms with Crippen molar-refractivity contribution < 1.29 is 33.2 Å². The number of aromatic nitrogens is 4. The van der Waals surface area contributed by atoms with Crippen molar-refractivity contribution in [3.8, 4) is 92.3 Å². The summed E-state index contributed by atoms with van der Waals surface area (Å²) in [5.41, 5.74) is 12.9. The maximum absolute atomic E-state index is 9.93. The van der Waals surface area contributed by atoms with Gasteiger partial charge in [0.2, 0.25) is 11.5 Å². The van der Waals surface area contributed by atoms with Crippen LogP contribution in [0.5, 0.6) is 40.2 Å². The standard InChI is InChI=1S/C110H151N5O7/c1-8-14-20-26-32-38-44-50-76-117-103-82-90(83-104(118-77-51-45-39-33-27-21-15-9-2)109(103)121-80-54-48-42-36-30-24-18-12-5)107-99-72-68-95(112-99)93(66-62-87-56-58-89(86-111)59-57-87)96-69-73-100(113-96)108(102-75-71-98(115-102)94(97-70-74-101(107)114-97)67-63-88-60-64-92(116-7)65-61-88)91-84-105(119-78-52-46-40-34-28-22-16-10-3)110(122-81-55-49-43-37-31-25-19-13-6)106(85-91)120-79-53-47-41-35-29-23-17-11-4/h56-61,64-65,68-75,82-85,112,115H,8-55,76-81H2,1-7H3. The average molecular weight is 1660 g/mol. The van der Waals surface area contributed by atoms with Gasteiger partial charge in [0.1, 0.15) is 5.75 Å². The number of methoxy groups -OCH3 is 1. The molecule has 9 rings (SSSR count). The van der Waals surface area contributed by atoms with Crippen LogP contribution in [-0.4, -0.2) is 66.7 Å². The molecule has 4 aromatic carbocycles. The lowest BCUT2D eigenvalue weighted by Gasteiger charge is -2.19. The van der Waals surface area contributed by atoms with Crippen LogP contribution >= 0.6 is 0 Å².